The van der Waals surface area contributed by atoms with Crippen molar-refractivity contribution in [2.45, 2.75) is 17.7 Å². The van der Waals surface area contributed by atoms with E-state index < -0.39 is 16.5 Å². The van der Waals surface area contributed by atoms with Crippen LogP contribution in [0.3, 0.4) is 0 Å². The van der Waals surface area contributed by atoms with Crippen LogP contribution < -0.4 is 0 Å². The number of benzene rings is 1. The molecule has 1 heterocycles. The maximum atomic E-state index is 13.7. The summed E-state index contributed by atoms with van der Waals surface area (Å²) in [7, 11) is 0. The molecule has 1 nitrogen and oxygen atoms in total. The van der Waals surface area contributed by atoms with Crippen molar-refractivity contribution in [3.05, 3.63) is 65.5 Å². The first-order valence-electron chi connectivity index (χ1n) is 5.59. The van der Waals surface area contributed by atoms with E-state index in [-0.39, 0.29) is 11.5 Å². The summed E-state index contributed by atoms with van der Waals surface area (Å²) in [6.45, 7) is 1.92. The Balaban J connectivity index is 2.34. The molecule has 0 saturated carbocycles. The monoisotopic (exact) mass is 311 g/mol. The molecule has 4 heteroatoms. The van der Waals surface area contributed by atoms with E-state index in [1.165, 1.54) is 18.2 Å². The van der Waals surface area contributed by atoms with Crippen LogP contribution in [0.2, 0.25) is 0 Å². The van der Waals surface area contributed by atoms with E-state index in [4.69, 9.17) is 0 Å². The molecule has 1 aromatic heterocycles. The van der Waals surface area contributed by atoms with Crippen LogP contribution in [0.1, 0.15) is 28.8 Å². The number of nitrogens with zero attached hydrogens (tertiary/aromatic N) is 1. The fraction of sp³-hybridized carbons (Fsp3) is 0.214. The van der Waals surface area contributed by atoms with Crippen molar-refractivity contribution in [1.82, 2.24) is 4.98 Å². The van der Waals surface area contributed by atoms with Crippen molar-refractivity contribution in [3.8, 4) is 0 Å². The molecule has 0 N–H and O–H groups in total. The molecule has 94 valence electrons. The van der Waals surface area contributed by atoms with Crippen molar-refractivity contribution in [3.63, 3.8) is 0 Å². The van der Waals surface area contributed by atoms with Gasteiger partial charge in [-0.3, -0.25) is 4.98 Å². The summed E-state index contributed by atoms with van der Waals surface area (Å²) in [6.07, 6.45) is 3.34. The van der Waals surface area contributed by atoms with Crippen LogP contribution in [-0.2, 0) is 0 Å². The van der Waals surface area contributed by atoms with Crippen LogP contribution in [0.4, 0.5) is 8.78 Å². The van der Waals surface area contributed by atoms with Gasteiger partial charge in [-0.2, -0.15) is 0 Å². The van der Waals surface area contributed by atoms with Gasteiger partial charge >= 0.3 is 0 Å². The predicted molar refractivity (Wildman–Crippen MR) is 70.7 cm³/mol. The van der Waals surface area contributed by atoms with Crippen molar-refractivity contribution in [1.29, 1.82) is 0 Å². The van der Waals surface area contributed by atoms with E-state index >= 15 is 0 Å². The molecule has 0 fully saturated rings. The number of alkyl halides is 1. The quantitative estimate of drug-likeness (QED) is 0.755. The lowest BCUT2D eigenvalue weighted by Crippen LogP contribution is -2.06. The average molecular weight is 312 g/mol. The molecule has 0 amide bonds. The van der Waals surface area contributed by atoms with Gasteiger partial charge < -0.3 is 0 Å². The second-order valence-electron chi connectivity index (χ2n) is 4.11. The minimum absolute atomic E-state index is 0.0561. The van der Waals surface area contributed by atoms with Crippen molar-refractivity contribution >= 4 is 15.9 Å². The molecule has 0 spiro atoms. The Labute approximate surface area is 113 Å². The molecule has 2 rings (SSSR count). The zero-order valence-corrected chi connectivity index (χ0v) is 11.4. The molecule has 0 bridgehead atoms. The molecule has 0 saturated heterocycles. The van der Waals surface area contributed by atoms with E-state index in [1.807, 2.05) is 19.1 Å². The van der Waals surface area contributed by atoms with Gasteiger partial charge in [-0.15, -0.1) is 0 Å². The van der Waals surface area contributed by atoms with Gasteiger partial charge in [0, 0.05) is 18.0 Å². The number of rotatable bonds is 3. The summed E-state index contributed by atoms with van der Waals surface area (Å²) in [4.78, 5) is 3.52. The van der Waals surface area contributed by atoms with Gasteiger partial charge in [-0.05, 0) is 35.7 Å². The maximum Gasteiger partial charge on any atom is 0.130 e. The third-order valence-electron chi connectivity index (χ3n) is 2.95. The summed E-state index contributed by atoms with van der Waals surface area (Å²) >= 11 is 3.39. The highest BCUT2D eigenvalue weighted by atomic mass is 79.9. The highest BCUT2D eigenvalue weighted by Gasteiger charge is 2.24. The zero-order chi connectivity index (χ0) is 13.1. The van der Waals surface area contributed by atoms with Crippen LogP contribution >= 0.6 is 15.9 Å². The van der Waals surface area contributed by atoms with Gasteiger partial charge in [0.2, 0.25) is 0 Å². The number of halogens is 3. The summed E-state index contributed by atoms with van der Waals surface area (Å²) in [6, 6.07) is 7.60. The lowest BCUT2D eigenvalue weighted by molar-refractivity contribution is 0.542. The third kappa shape index (κ3) is 2.58. The Hall–Kier alpha value is -1.29. The van der Waals surface area contributed by atoms with Crippen molar-refractivity contribution in [2.24, 2.45) is 0 Å². The smallest absolute Gasteiger partial charge is 0.130 e. The minimum Gasteiger partial charge on any atom is -0.265 e. The molecule has 0 aliphatic rings. The summed E-state index contributed by atoms with van der Waals surface area (Å²) in [5.41, 5.74) is 1.05. The second kappa shape index (κ2) is 5.57. The van der Waals surface area contributed by atoms with E-state index in [2.05, 4.69) is 20.9 Å². The highest BCUT2D eigenvalue weighted by Crippen LogP contribution is 2.39. The normalized spacial score (nSPS) is 14.2. The summed E-state index contributed by atoms with van der Waals surface area (Å²) in [5.74, 6) is -1.12. The van der Waals surface area contributed by atoms with Gasteiger partial charge in [0.05, 0.1) is 4.83 Å². The van der Waals surface area contributed by atoms with E-state index in [1.54, 1.807) is 12.4 Å². The molecule has 1 aromatic carbocycles. The lowest BCUT2D eigenvalue weighted by Gasteiger charge is -2.20. The van der Waals surface area contributed by atoms with Gasteiger partial charge in [0.1, 0.15) is 11.6 Å². The van der Waals surface area contributed by atoms with Crippen LogP contribution in [0.5, 0.6) is 0 Å². The third-order valence-corrected chi connectivity index (χ3v) is 4.20. The Morgan fingerprint density at radius 2 is 1.61 bits per heavy atom. The van der Waals surface area contributed by atoms with Gasteiger partial charge in [-0.25, -0.2) is 8.78 Å². The number of pyridine rings is 1. The Morgan fingerprint density at radius 1 is 1.06 bits per heavy atom. The zero-order valence-electron chi connectivity index (χ0n) is 9.78. The summed E-state index contributed by atoms with van der Waals surface area (Å²) in [5, 5.41) is 0. The molecule has 0 radical (unpaired) electrons. The highest BCUT2D eigenvalue weighted by molar-refractivity contribution is 9.09. The van der Waals surface area contributed by atoms with E-state index in [0.29, 0.717) is 0 Å². The standard InChI is InChI=1S/C14H12BrF2N/c1-9(10-5-7-18-8-6-10)14(15)13-11(16)3-2-4-12(13)17/h2-9,14H,1H3. The lowest BCUT2D eigenvalue weighted by atomic mass is 9.94. The van der Waals surface area contributed by atoms with E-state index in [0.717, 1.165) is 5.56 Å². The SMILES string of the molecule is CC(c1ccncc1)C(Br)c1c(F)cccc1F. The number of hydrogen-bond donors (Lipinski definition) is 0. The first-order chi connectivity index (χ1) is 8.61. The molecule has 0 aliphatic heterocycles. The molecule has 0 aliphatic carbocycles. The largest absolute Gasteiger partial charge is 0.265 e. The first kappa shape index (κ1) is 13.1. The molecular formula is C14H12BrF2N. The van der Waals surface area contributed by atoms with Crippen LogP contribution in [0.25, 0.3) is 0 Å². The Kier molecular flexibility index (Phi) is 4.07. The number of hydrogen-bond acceptors (Lipinski definition) is 1. The van der Waals surface area contributed by atoms with Crippen molar-refractivity contribution < 1.29 is 8.78 Å². The molecule has 2 unspecified atom stereocenters. The Morgan fingerprint density at radius 3 is 2.17 bits per heavy atom. The predicted octanol–water partition coefficient (Wildman–Crippen LogP) is 4.60. The van der Waals surface area contributed by atoms with Gasteiger partial charge in [0.25, 0.3) is 0 Å². The van der Waals surface area contributed by atoms with Crippen LogP contribution in [0, 0.1) is 11.6 Å². The molecule has 2 aromatic rings. The summed E-state index contributed by atoms with van der Waals surface area (Å²) < 4.78 is 27.4. The topological polar surface area (TPSA) is 12.9 Å². The fourth-order valence-corrected chi connectivity index (χ4v) is 2.60. The van der Waals surface area contributed by atoms with Crippen LogP contribution in [0.15, 0.2) is 42.7 Å². The average Bonchev–Trinajstić information content (AvgIpc) is 2.38. The Bertz CT molecular complexity index is 510. The first-order valence-corrected chi connectivity index (χ1v) is 6.50. The number of aromatic nitrogens is 1. The molecule has 2 atom stereocenters. The minimum atomic E-state index is -0.530. The van der Waals surface area contributed by atoms with E-state index in [9.17, 15) is 8.78 Å². The van der Waals surface area contributed by atoms with Crippen molar-refractivity contribution in [2.75, 3.05) is 0 Å². The molecular weight excluding hydrogens is 300 g/mol. The van der Waals surface area contributed by atoms with Gasteiger partial charge in [0.15, 0.2) is 0 Å². The fourth-order valence-electron chi connectivity index (χ4n) is 1.86. The second-order valence-corrected chi connectivity index (χ2v) is 5.09. The van der Waals surface area contributed by atoms with Crippen LogP contribution in [-0.4, -0.2) is 4.98 Å². The maximum absolute atomic E-state index is 13.7. The molecule has 18 heavy (non-hydrogen) atoms. The van der Waals surface area contributed by atoms with Gasteiger partial charge in [-0.1, -0.05) is 28.9 Å².